The van der Waals surface area contributed by atoms with Crippen molar-refractivity contribution >= 4 is 17.3 Å². The zero-order valence-corrected chi connectivity index (χ0v) is 12.9. The fraction of sp³-hybridized carbons (Fsp3) is 0.733. The molecule has 2 fully saturated rings. The third-order valence-electron chi connectivity index (χ3n) is 4.87. The van der Waals surface area contributed by atoms with Gasteiger partial charge in [-0.05, 0) is 24.7 Å². The lowest BCUT2D eigenvalue weighted by atomic mass is 9.81. The number of rotatable bonds is 4. The summed E-state index contributed by atoms with van der Waals surface area (Å²) in [6.07, 6.45) is 4.95. The maximum absolute atomic E-state index is 11.7. The van der Waals surface area contributed by atoms with Crippen molar-refractivity contribution in [3.05, 3.63) is 16.1 Å². The summed E-state index contributed by atoms with van der Waals surface area (Å²) < 4.78 is 0. The fourth-order valence-electron chi connectivity index (χ4n) is 3.72. The highest BCUT2D eigenvalue weighted by atomic mass is 32.1. The number of hydrogen-bond acceptors (Lipinski definition) is 4. The monoisotopic (exact) mass is 294 g/mol. The smallest absolute Gasteiger partial charge is 0.311 e. The first kappa shape index (κ1) is 14.0. The molecule has 1 saturated heterocycles. The summed E-state index contributed by atoms with van der Waals surface area (Å²) in [7, 11) is 0. The molecule has 0 amide bonds. The average molecular weight is 294 g/mol. The highest BCUT2D eigenvalue weighted by Gasteiger charge is 2.54. The molecule has 0 spiro atoms. The number of thiazole rings is 1. The molecule has 4 nitrogen and oxygen atoms in total. The van der Waals surface area contributed by atoms with E-state index in [9.17, 15) is 9.90 Å². The van der Waals surface area contributed by atoms with Crippen LogP contribution >= 0.6 is 11.3 Å². The molecule has 2 aliphatic rings. The lowest BCUT2D eigenvalue weighted by Crippen LogP contribution is -2.35. The first-order valence-electron chi connectivity index (χ1n) is 7.41. The van der Waals surface area contributed by atoms with Crippen molar-refractivity contribution in [2.24, 2.45) is 11.3 Å². The maximum atomic E-state index is 11.7. The second-order valence-electron chi connectivity index (χ2n) is 6.53. The Morgan fingerprint density at radius 3 is 3.05 bits per heavy atom. The van der Waals surface area contributed by atoms with E-state index in [1.165, 1.54) is 4.88 Å². The highest BCUT2D eigenvalue weighted by Crippen LogP contribution is 2.49. The number of hydrogen-bond donors (Lipinski definition) is 1. The first-order valence-corrected chi connectivity index (χ1v) is 8.23. The number of carboxylic acid groups (broad SMARTS) is 1. The number of carbonyl (C=O) groups is 1. The van der Waals surface area contributed by atoms with Gasteiger partial charge in [0.1, 0.15) is 5.01 Å². The van der Waals surface area contributed by atoms with Crippen molar-refractivity contribution in [3.8, 4) is 0 Å². The zero-order valence-electron chi connectivity index (χ0n) is 12.1. The minimum absolute atomic E-state index is 0.338. The first-order chi connectivity index (χ1) is 9.51. The average Bonchev–Trinajstić information content (AvgIpc) is 3.02. The predicted molar refractivity (Wildman–Crippen MR) is 78.9 cm³/mol. The molecule has 1 aromatic rings. The Bertz CT molecular complexity index is 514. The van der Waals surface area contributed by atoms with E-state index in [1.54, 1.807) is 11.3 Å². The van der Waals surface area contributed by atoms with Gasteiger partial charge < -0.3 is 5.11 Å². The van der Waals surface area contributed by atoms with Crippen LogP contribution in [0.25, 0.3) is 0 Å². The van der Waals surface area contributed by atoms with Gasteiger partial charge >= 0.3 is 5.97 Å². The number of carboxylic acids is 1. The van der Waals surface area contributed by atoms with Gasteiger partial charge in [0.05, 0.1) is 12.0 Å². The molecule has 1 aromatic heterocycles. The lowest BCUT2D eigenvalue weighted by molar-refractivity contribution is -0.149. The Balaban J connectivity index is 1.69. The molecule has 5 heteroatoms. The van der Waals surface area contributed by atoms with Crippen molar-refractivity contribution in [3.63, 3.8) is 0 Å². The van der Waals surface area contributed by atoms with Crippen LogP contribution < -0.4 is 0 Å². The van der Waals surface area contributed by atoms with Crippen LogP contribution in [0.2, 0.25) is 0 Å². The molecular formula is C15H22N2O2S. The minimum Gasteiger partial charge on any atom is -0.481 e. The van der Waals surface area contributed by atoms with E-state index in [0.29, 0.717) is 18.4 Å². The summed E-state index contributed by atoms with van der Waals surface area (Å²) >= 11 is 1.76. The Morgan fingerprint density at radius 1 is 1.65 bits per heavy atom. The molecule has 20 heavy (non-hydrogen) atoms. The molecular weight excluding hydrogens is 272 g/mol. The quantitative estimate of drug-likeness (QED) is 0.927. The lowest BCUT2D eigenvalue weighted by Gasteiger charge is -2.23. The van der Waals surface area contributed by atoms with Gasteiger partial charge in [-0.3, -0.25) is 9.69 Å². The third-order valence-corrected chi connectivity index (χ3v) is 6.15. The molecule has 110 valence electrons. The van der Waals surface area contributed by atoms with Crippen molar-refractivity contribution < 1.29 is 9.90 Å². The van der Waals surface area contributed by atoms with Crippen molar-refractivity contribution in [2.45, 2.75) is 45.6 Å². The summed E-state index contributed by atoms with van der Waals surface area (Å²) in [6.45, 7) is 6.78. The minimum atomic E-state index is -0.593. The van der Waals surface area contributed by atoms with Gasteiger partial charge in [0, 0.05) is 24.2 Å². The molecule has 0 aromatic carbocycles. The second kappa shape index (κ2) is 5.11. The summed E-state index contributed by atoms with van der Waals surface area (Å²) in [5.74, 6) is 0.263. The van der Waals surface area contributed by atoms with Crippen LogP contribution in [0.15, 0.2) is 6.20 Å². The molecule has 1 aliphatic heterocycles. The summed E-state index contributed by atoms with van der Waals surface area (Å²) in [5.41, 5.74) is -0.474. The highest BCUT2D eigenvalue weighted by molar-refractivity contribution is 7.11. The van der Waals surface area contributed by atoms with Crippen molar-refractivity contribution in [1.82, 2.24) is 9.88 Å². The molecule has 3 rings (SSSR count). The number of nitrogens with zero attached hydrogens (tertiary/aromatic N) is 2. The van der Waals surface area contributed by atoms with Crippen LogP contribution in [0, 0.1) is 11.3 Å². The molecule has 1 saturated carbocycles. The van der Waals surface area contributed by atoms with E-state index in [1.807, 2.05) is 6.20 Å². The number of aromatic nitrogens is 1. The number of fused-ring (bicyclic) bond motifs is 1. The Labute approximate surface area is 123 Å². The Morgan fingerprint density at radius 2 is 2.45 bits per heavy atom. The molecule has 2 heterocycles. The largest absolute Gasteiger partial charge is 0.481 e. The van der Waals surface area contributed by atoms with E-state index in [4.69, 9.17) is 0 Å². The summed E-state index contributed by atoms with van der Waals surface area (Å²) in [4.78, 5) is 19.8. The van der Waals surface area contributed by atoms with Gasteiger partial charge in [-0.1, -0.05) is 20.3 Å². The topological polar surface area (TPSA) is 53.4 Å². The fourth-order valence-corrected chi connectivity index (χ4v) is 4.68. The van der Waals surface area contributed by atoms with Crippen LogP contribution in [-0.2, 0) is 11.3 Å². The van der Waals surface area contributed by atoms with Crippen molar-refractivity contribution in [1.29, 1.82) is 0 Å². The van der Waals surface area contributed by atoms with Gasteiger partial charge in [0.25, 0.3) is 0 Å². The standard InChI is InChI=1S/C15H22N2O2S/c1-10(2)12-6-16-13(20-12)8-17-7-11-4-3-5-15(11,9-17)14(18)19/h6,10-11H,3-5,7-9H2,1-2H3,(H,18,19)/t11-,15+/m0/s1. The molecule has 1 aliphatic carbocycles. The molecule has 1 N–H and O–H groups in total. The molecule has 0 bridgehead atoms. The van der Waals surface area contributed by atoms with Gasteiger partial charge in [-0.15, -0.1) is 11.3 Å². The Hall–Kier alpha value is -0.940. The second-order valence-corrected chi connectivity index (χ2v) is 7.68. The van der Waals surface area contributed by atoms with E-state index < -0.39 is 11.4 Å². The molecule has 0 radical (unpaired) electrons. The molecule has 0 unspecified atom stereocenters. The number of likely N-dealkylation sites (tertiary alicyclic amines) is 1. The van der Waals surface area contributed by atoms with E-state index in [-0.39, 0.29) is 0 Å². The SMILES string of the molecule is CC(C)c1cnc(CN2C[C@@H]3CCC[C@@]3(C(=O)O)C2)s1. The van der Waals surface area contributed by atoms with E-state index in [0.717, 1.165) is 37.4 Å². The summed E-state index contributed by atoms with van der Waals surface area (Å²) in [5, 5.41) is 10.7. The third kappa shape index (κ3) is 2.27. The van der Waals surface area contributed by atoms with Gasteiger partial charge in [0.2, 0.25) is 0 Å². The zero-order chi connectivity index (χ0) is 14.3. The van der Waals surface area contributed by atoms with E-state index >= 15 is 0 Å². The molecule has 2 atom stereocenters. The van der Waals surface area contributed by atoms with Gasteiger partial charge in [-0.25, -0.2) is 4.98 Å². The van der Waals surface area contributed by atoms with Gasteiger partial charge in [0.15, 0.2) is 0 Å². The van der Waals surface area contributed by atoms with Crippen molar-refractivity contribution in [2.75, 3.05) is 13.1 Å². The summed E-state index contributed by atoms with van der Waals surface area (Å²) in [6, 6.07) is 0. The van der Waals surface area contributed by atoms with Crippen LogP contribution in [-0.4, -0.2) is 34.0 Å². The van der Waals surface area contributed by atoms with Crippen LogP contribution in [0.4, 0.5) is 0 Å². The van der Waals surface area contributed by atoms with Gasteiger partial charge in [-0.2, -0.15) is 0 Å². The maximum Gasteiger partial charge on any atom is 0.311 e. The number of aliphatic carboxylic acids is 1. The Kier molecular flexibility index (Phi) is 3.58. The predicted octanol–water partition coefficient (Wildman–Crippen LogP) is 2.95. The van der Waals surface area contributed by atoms with Crippen LogP contribution in [0.5, 0.6) is 0 Å². The van der Waals surface area contributed by atoms with Crippen LogP contribution in [0.1, 0.15) is 48.9 Å². The van der Waals surface area contributed by atoms with Crippen LogP contribution in [0.3, 0.4) is 0 Å². The normalized spacial score (nSPS) is 30.1. The van der Waals surface area contributed by atoms with E-state index in [2.05, 4.69) is 23.7 Å².